The number of benzene rings is 1. The zero-order valence-corrected chi connectivity index (χ0v) is 13.3. The average molecular weight is 337 g/mol. The molecule has 4 nitrogen and oxygen atoms in total. The molecule has 2 amide bonds. The lowest BCUT2D eigenvalue weighted by molar-refractivity contribution is -0.114. The lowest BCUT2D eigenvalue weighted by atomic mass is 9.92. The van der Waals surface area contributed by atoms with Crippen LogP contribution in [0, 0.1) is 0 Å². The molecule has 2 rings (SSSR count). The zero-order chi connectivity index (χ0) is 14.9. The Kier molecular flexibility index (Phi) is 4.28. The van der Waals surface area contributed by atoms with Crippen LogP contribution >= 0.6 is 15.9 Å². The highest BCUT2D eigenvalue weighted by Gasteiger charge is 2.33. The molecule has 0 saturated carbocycles. The van der Waals surface area contributed by atoms with Gasteiger partial charge in [0.2, 0.25) is 0 Å². The highest BCUT2D eigenvalue weighted by atomic mass is 79.9. The van der Waals surface area contributed by atoms with Gasteiger partial charge >= 0.3 is 6.03 Å². The molecule has 0 fully saturated rings. The fraction of sp³-hybridized carbons (Fsp3) is 0.333. The number of carbonyl (C=O) groups is 2. The number of carbonyl (C=O) groups excluding carboxylic acids is 2. The van der Waals surface area contributed by atoms with E-state index in [1.807, 2.05) is 38.1 Å². The van der Waals surface area contributed by atoms with Crippen molar-refractivity contribution in [3.8, 4) is 0 Å². The number of urea groups is 1. The summed E-state index contributed by atoms with van der Waals surface area (Å²) >= 11 is 3.38. The number of rotatable bonds is 3. The van der Waals surface area contributed by atoms with E-state index < -0.39 is 0 Å². The first-order chi connectivity index (χ1) is 9.45. The monoisotopic (exact) mass is 336 g/mol. The number of nitrogens with one attached hydrogen (secondary N) is 1. The van der Waals surface area contributed by atoms with E-state index in [2.05, 4.69) is 21.2 Å². The van der Waals surface area contributed by atoms with Crippen molar-refractivity contribution in [1.82, 2.24) is 10.2 Å². The number of nitrogens with zero attached hydrogens (tertiary/aromatic N) is 1. The van der Waals surface area contributed by atoms with E-state index >= 15 is 0 Å². The van der Waals surface area contributed by atoms with E-state index in [0.29, 0.717) is 12.1 Å². The SMILES string of the molecule is CCN1C(=O)N[C@@H](c2ccc(Br)cc2)C(C(C)=O)=C1C. The van der Waals surface area contributed by atoms with Crippen molar-refractivity contribution in [2.45, 2.75) is 26.8 Å². The van der Waals surface area contributed by atoms with Crippen LogP contribution in [0.25, 0.3) is 0 Å². The van der Waals surface area contributed by atoms with Crippen molar-refractivity contribution in [3.63, 3.8) is 0 Å². The first-order valence-corrected chi connectivity index (χ1v) is 7.30. The predicted molar refractivity (Wildman–Crippen MR) is 81.2 cm³/mol. The second-order valence-corrected chi connectivity index (χ2v) is 5.65. The van der Waals surface area contributed by atoms with E-state index in [1.165, 1.54) is 6.92 Å². The van der Waals surface area contributed by atoms with Crippen molar-refractivity contribution in [2.24, 2.45) is 0 Å². The van der Waals surface area contributed by atoms with Gasteiger partial charge in [-0.25, -0.2) is 4.79 Å². The third-order valence-corrected chi connectivity index (χ3v) is 4.02. The van der Waals surface area contributed by atoms with Crippen LogP contribution in [0.3, 0.4) is 0 Å². The van der Waals surface area contributed by atoms with Gasteiger partial charge in [0.05, 0.1) is 6.04 Å². The Morgan fingerprint density at radius 2 is 1.95 bits per heavy atom. The molecule has 1 aromatic carbocycles. The fourth-order valence-electron chi connectivity index (χ4n) is 2.52. The highest BCUT2D eigenvalue weighted by molar-refractivity contribution is 9.10. The number of ketones is 1. The zero-order valence-electron chi connectivity index (χ0n) is 11.7. The molecule has 1 aliphatic heterocycles. The van der Waals surface area contributed by atoms with E-state index in [4.69, 9.17) is 0 Å². The Bertz CT molecular complexity index is 578. The lowest BCUT2D eigenvalue weighted by Gasteiger charge is -2.35. The van der Waals surface area contributed by atoms with Gasteiger partial charge in [0.1, 0.15) is 0 Å². The summed E-state index contributed by atoms with van der Waals surface area (Å²) in [5.74, 6) is -0.0196. The van der Waals surface area contributed by atoms with Gasteiger partial charge in [-0.3, -0.25) is 9.69 Å². The second kappa shape index (κ2) is 5.79. The van der Waals surface area contributed by atoms with E-state index in [1.54, 1.807) is 4.90 Å². The van der Waals surface area contributed by atoms with E-state index in [0.717, 1.165) is 15.7 Å². The Labute approximate surface area is 127 Å². The van der Waals surface area contributed by atoms with Crippen LogP contribution in [-0.4, -0.2) is 23.3 Å². The van der Waals surface area contributed by atoms with Crippen LogP contribution in [0.4, 0.5) is 4.79 Å². The van der Waals surface area contributed by atoms with Crippen molar-refractivity contribution in [3.05, 3.63) is 45.6 Å². The number of allylic oxidation sites excluding steroid dienone is 1. The molecular weight excluding hydrogens is 320 g/mol. The molecule has 0 aliphatic carbocycles. The lowest BCUT2D eigenvalue weighted by Crippen LogP contribution is -2.47. The van der Waals surface area contributed by atoms with Crippen molar-refractivity contribution < 1.29 is 9.59 Å². The fourth-order valence-corrected chi connectivity index (χ4v) is 2.79. The number of Topliss-reactive ketones (excluding diaryl/α,β-unsaturated/α-hetero) is 1. The molecule has 1 aliphatic rings. The Morgan fingerprint density at radius 3 is 2.45 bits per heavy atom. The topological polar surface area (TPSA) is 49.4 Å². The number of hydrogen-bond donors (Lipinski definition) is 1. The minimum Gasteiger partial charge on any atom is -0.327 e. The third-order valence-electron chi connectivity index (χ3n) is 3.50. The molecule has 0 aromatic heterocycles. The minimum atomic E-state index is -0.379. The smallest absolute Gasteiger partial charge is 0.322 e. The molecule has 20 heavy (non-hydrogen) atoms. The summed E-state index contributed by atoms with van der Waals surface area (Å²) in [6.45, 7) is 5.79. The quantitative estimate of drug-likeness (QED) is 0.919. The minimum absolute atomic E-state index is 0.0196. The van der Waals surface area contributed by atoms with Gasteiger partial charge in [-0.15, -0.1) is 0 Å². The van der Waals surface area contributed by atoms with Crippen molar-refractivity contribution in [1.29, 1.82) is 0 Å². The van der Waals surface area contributed by atoms with Gasteiger partial charge in [-0.2, -0.15) is 0 Å². The molecule has 1 heterocycles. The Hall–Kier alpha value is -1.62. The molecule has 0 unspecified atom stereocenters. The molecule has 106 valence electrons. The second-order valence-electron chi connectivity index (χ2n) is 4.73. The van der Waals surface area contributed by atoms with Crippen molar-refractivity contribution in [2.75, 3.05) is 6.54 Å². The highest BCUT2D eigenvalue weighted by Crippen LogP contribution is 2.31. The van der Waals surface area contributed by atoms with Gasteiger partial charge in [0.15, 0.2) is 5.78 Å². The standard InChI is InChI=1S/C15H17BrN2O2/c1-4-18-9(2)13(10(3)19)14(17-15(18)20)11-5-7-12(16)8-6-11/h5-8,14H,4H2,1-3H3,(H,17,20)/t14-/m0/s1. The summed E-state index contributed by atoms with van der Waals surface area (Å²) < 4.78 is 0.962. The van der Waals surface area contributed by atoms with Crippen LogP contribution in [0.15, 0.2) is 40.0 Å². The summed E-state index contributed by atoms with van der Waals surface area (Å²) in [6, 6.07) is 7.08. The van der Waals surface area contributed by atoms with Gasteiger partial charge in [-0.05, 0) is 38.5 Å². The summed E-state index contributed by atoms with van der Waals surface area (Å²) in [6.07, 6.45) is 0. The van der Waals surface area contributed by atoms with Gasteiger partial charge < -0.3 is 5.32 Å². The summed E-state index contributed by atoms with van der Waals surface area (Å²) in [5.41, 5.74) is 2.28. The molecular formula is C15H17BrN2O2. The van der Waals surface area contributed by atoms with Gasteiger partial charge in [-0.1, -0.05) is 28.1 Å². The Balaban J connectivity index is 2.51. The molecule has 1 atom stereocenters. The molecule has 0 saturated heterocycles. The van der Waals surface area contributed by atoms with E-state index in [9.17, 15) is 9.59 Å². The maximum atomic E-state index is 12.1. The molecule has 0 radical (unpaired) electrons. The number of halogens is 1. The third kappa shape index (κ3) is 2.63. The Morgan fingerprint density at radius 1 is 1.35 bits per heavy atom. The predicted octanol–water partition coefficient (Wildman–Crippen LogP) is 3.40. The van der Waals surface area contributed by atoms with Crippen molar-refractivity contribution >= 4 is 27.7 Å². The molecule has 1 aromatic rings. The number of amides is 2. The first-order valence-electron chi connectivity index (χ1n) is 6.51. The van der Waals surface area contributed by atoms with Gasteiger partial charge in [0, 0.05) is 22.3 Å². The normalized spacial score (nSPS) is 19.1. The maximum absolute atomic E-state index is 12.1. The van der Waals surface area contributed by atoms with Crippen LogP contribution in [0.5, 0.6) is 0 Å². The van der Waals surface area contributed by atoms with Crippen LogP contribution in [-0.2, 0) is 4.79 Å². The molecule has 1 N–H and O–H groups in total. The van der Waals surface area contributed by atoms with Crippen LogP contribution in [0.1, 0.15) is 32.4 Å². The maximum Gasteiger partial charge on any atom is 0.322 e. The summed E-state index contributed by atoms with van der Waals surface area (Å²) in [7, 11) is 0. The number of hydrogen-bond acceptors (Lipinski definition) is 2. The van der Waals surface area contributed by atoms with Crippen LogP contribution in [0.2, 0.25) is 0 Å². The summed E-state index contributed by atoms with van der Waals surface area (Å²) in [4.78, 5) is 25.7. The molecule has 5 heteroatoms. The van der Waals surface area contributed by atoms with E-state index in [-0.39, 0.29) is 17.9 Å². The first kappa shape index (κ1) is 14.8. The largest absolute Gasteiger partial charge is 0.327 e. The van der Waals surface area contributed by atoms with Crippen LogP contribution < -0.4 is 5.32 Å². The molecule has 0 bridgehead atoms. The summed E-state index contributed by atoms with van der Waals surface area (Å²) in [5, 5.41) is 2.91. The average Bonchev–Trinajstić information content (AvgIpc) is 2.38. The van der Waals surface area contributed by atoms with Gasteiger partial charge in [0.25, 0.3) is 0 Å². The molecule has 0 spiro atoms.